The van der Waals surface area contributed by atoms with E-state index in [2.05, 4.69) is 4.74 Å². The van der Waals surface area contributed by atoms with Gasteiger partial charge in [-0.15, -0.1) is 0 Å². The Balaban J connectivity index is 3.49. The summed E-state index contributed by atoms with van der Waals surface area (Å²) in [6, 6.07) is 0.805. The summed E-state index contributed by atoms with van der Waals surface area (Å²) in [5.41, 5.74) is 2.52. The molecule has 0 aliphatic rings. The molecule has 0 spiro atoms. The molecule has 0 fully saturated rings. The van der Waals surface area contributed by atoms with Gasteiger partial charge in [0.15, 0.2) is 11.6 Å². The lowest BCUT2D eigenvalue weighted by Gasteiger charge is -2.12. The molecule has 2 N–H and O–H groups in total. The van der Waals surface area contributed by atoms with E-state index in [1.54, 1.807) is 0 Å². The molecule has 88 valence electrons. The second-order valence-electron chi connectivity index (χ2n) is 2.89. The highest BCUT2D eigenvalue weighted by Crippen LogP contribution is 2.35. The summed E-state index contributed by atoms with van der Waals surface area (Å²) in [5.74, 6) is -2.98. The zero-order valence-electron chi connectivity index (χ0n) is 8.06. The fraction of sp³-hybridized carbons (Fsp3) is 0.222. The number of ether oxygens (including phenoxy) is 1. The van der Waals surface area contributed by atoms with Crippen molar-refractivity contribution in [2.24, 2.45) is 5.73 Å². The Morgan fingerprint density at radius 2 is 1.94 bits per heavy atom. The van der Waals surface area contributed by atoms with E-state index < -0.39 is 34.8 Å². The Bertz CT molecular complexity index is 428. The molecule has 7 heteroatoms. The number of carbonyl (C=O) groups excluding carboxylic acids is 1. The third-order valence-corrected chi connectivity index (χ3v) is 1.86. The molecular weight excluding hydrogens is 230 g/mol. The topological polar surface area (TPSA) is 52.3 Å². The van der Waals surface area contributed by atoms with E-state index in [0.717, 1.165) is 7.11 Å². The van der Waals surface area contributed by atoms with E-state index in [4.69, 9.17) is 5.73 Å². The molecule has 1 rings (SSSR count). The Morgan fingerprint density at radius 3 is 2.31 bits per heavy atom. The number of hydrogen-bond acceptors (Lipinski definition) is 2. The van der Waals surface area contributed by atoms with Gasteiger partial charge in [-0.2, -0.15) is 13.2 Å². The maximum Gasteiger partial charge on any atom is 0.417 e. The molecule has 0 unspecified atom stereocenters. The zero-order chi connectivity index (χ0) is 12.5. The molecule has 0 aromatic heterocycles. The molecule has 3 nitrogen and oxygen atoms in total. The standard InChI is InChI=1S/C9H7F4NO2/c1-16-7-2-4(8(14)15)5(3-6(7)10)9(11,12)13/h2-3H,1H3,(H2,14,15). The van der Waals surface area contributed by atoms with Gasteiger partial charge in [0, 0.05) is 0 Å². The van der Waals surface area contributed by atoms with Crippen LogP contribution >= 0.6 is 0 Å². The first-order valence-corrected chi connectivity index (χ1v) is 4.02. The molecule has 0 saturated heterocycles. The molecular formula is C9H7F4NO2. The minimum atomic E-state index is -4.85. The van der Waals surface area contributed by atoms with Crippen molar-refractivity contribution in [3.05, 3.63) is 29.1 Å². The Morgan fingerprint density at radius 1 is 1.38 bits per heavy atom. The molecule has 0 aliphatic heterocycles. The Labute approximate surface area is 87.8 Å². The predicted molar refractivity (Wildman–Crippen MR) is 46.5 cm³/mol. The van der Waals surface area contributed by atoms with Crippen LogP contribution in [0.5, 0.6) is 5.75 Å². The minimum absolute atomic E-state index is 0.179. The van der Waals surface area contributed by atoms with Crippen LogP contribution in [-0.2, 0) is 6.18 Å². The highest BCUT2D eigenvalue weighted by atomic mass is 19.4. The number of amides is 1. The minimum Gasteiger partial charge on any atom is -0.494 e. The van der Waals surface area contributed by atoms with Crippen LogP contribution in [-0.4, -0.2) is 13.0 Å². The second kappa shape index (κ2) is 3.99. The van der Waals surface area contributed by atoms with Crippen molar-refractivity contribution in [2.75, 3.05) is 7.11 Å². The number of nitrogens with two attached hydrogens (primary N) is 1. The molecule has 16 heavy (non-hydrogen) atoms. The Hall–Kier alpha value is -1.79. The van der Waals surface area contributed by atoms with Crippen LogP contribution in [0.4, 0.5) is 17.6 Å². The lowest BCUT2D eigenvalue weighted by atomic mass is 10.1. The molecule has 1 amide bonds. The normalized spacial score (nSPS) is 11.3. The third-order valence-electron chi connectivity index (χ3n) is 1.86. The molecule has 0 radical (unpaired) electrons. The van der Waals surface area contributed by atoms with E-state index >= 15 is 0 Å². The van der Waals surface area contributed by atoms with Gasteiger partial charge in [-0.1, -0.05) is 0 Å². The fourth-order valence-electron chi connectivity index (χ4n) is 1.15. The summed E-state index contributed by atoms with van der Waals surface area (Å²) in [7, 11) is 1.07. The molecule has 1 aromatic rings. The average molecular weight is 237 g/mol. The highest BCUT2D eigenvalue weighted by molar-refractivity contribution is 5.95. The highest BCUT2D eigenvalue weighted by Gasteiger charge is 2.36. The van der Waals surface area contributed by atoms with Gasteiger partial charge in [0.25, 0.3) is 0 Å². The summed E-state index contributed by atoms with van der Waals surface area (Å²) in [6.45, 7) is 0. The monoisotopic (exact) mass is 237 g/mol. The van der Waals surface area contributed by atoms with E-state index in [1.807, 2.05) is 0 Å². The Kier molecular flexibility index (Phi) is 3.06. The maximum absolute atomic E-state index is 13.0. The lowest BCUT2D eigenvalue weighted by molar-refractivity contribution is -0.138. The number of methoxy groups -OCH3 is 1. The van der Waals surface area contributed by atoms with Crippen molar-refractivity contribution < 1.29 is 27.1 Å². The number of hydrogen-bond donors (Lipinski definition) is 1. The summed E-state index contributed by atoms with van der Waals surface area (Å²) in [6.07, 6.45) is -4.85. The molecule has 0 aliphatic carbocycles. The number of benzene rings is 1. The molecule has 0 bridgehead atoms. The first-order valence-electron chi connectivity index (χ1n) is 4.02. The van der Waals surface area contributed by atoms with Gasteiger partial charge in [0.2, 0.25) is 5.91 Å². The maximum atomic E-state index is 13.0. The lowest BCUT2D eigenvalue weighted by Crippen LogP contribution is -2.19. The van der Waals surface area contributed by atoms with Gasteiger partial charge in [0.05, 0.1) is 18.2 Å². The van der Waals surface area contributed by atoms with Crippen LogP contribution in [0.3, 0.4) is 0 Å². The van der Waals surface area contributed by atoms with Crippen molar-refractivity contribution in [3.63, 3.8) is 0 Å². The summed E-state index contributed by atoms with van der Waals surface area (Å²) in [4.78, 5) is 10.8. The second-order valence-corrected chi connectivity index (χ2v) is 2.89. The smallest absolute Gasteiger partial charge is 0.417 e. The molecule has 0 atom stereocenters. The van der Waals surface area contributed by atoms with Gasteiger partial charge < -0.3 is 10.5 Å². The molecule has 0 saturated carbocycles. The van der Waals surface area contributed by atoms with E-state index in [0.29, 0.717) is 6.07 Å². The molecule has 0 heterocycles. The van der Waals surface area contributed by atoms with Crippen LogP contribution in [0.1, 0.15) is 15.9 Å². The van der Waals surface area contributed by atoms with Crippen LogP contribution in [0.15, 0.2) is 12.1 Å². The van der Waals surface area contributed by atoms with Crippen LogP contribution in [0.25, 0.3) is 0 Å². The van der Waals surface area contributed by atoms with Crippen LogP contribution < -0.4 is 10.5 Å². The van der Waals surface area contributed by atoms with Crippen LogP contribution in [0.2, 0.25) is 0 Å². The number of rotatable bonds is 2. The summed E-state index contributed by atoms with van der Waals surface area (Å²) >= 11 is 0. The third kappa shape index (κ3) is 2.23. The predicted octanol–water partition coefficient (Wildman–Crippen LogP) is 1.95. The van der Waals surface area contributed by atoms with Gasteiger partial charge in [-0.05, 0) is 12.1 Å². The van der Waals surface area contributed by atoms with Crippen molar-refractivity contribution in [2.45, 2.75) is 6.18 Å². The number of alkyl halides is 3. The number of primary amides is 1. The van der Waals surface area contributed by atoms with E-state index in [1.165, 1.54) is 0 Å². The average Bonchev–Trinajstić information content (AvgIpc) is 2.15. The van der Waals surface area contributed by atoms with Crippen LogP contribution in [0, 0.1) is 5.82 Å². The zero-order valence-corrected chi connectivity index (χ0v) is 8.06. The van der Waals surface area contributed by atoms with E-state index in [-0.39, 0.29) is 6.07 Å². The first kappa shape index (κ1) is 12.3. The first-order chi connectivity index (χ1) is 7.27. The largest absolute Gasteiger partial charge is 0.494 e. The summed E-state index contributed by atoms with van der Waals surface area (Å²) < 4.78 is 54.7. The van der Waals surface area contributed by atoms with Crippen molar-refractivity contribution in [1.29, 1.82) is 0 Å². The quantitative estimate of drug-likeness (QED) is 0.799. The van der Waals surface area contributed by atoms with Crippen molar-refractivity contribution in [3.8, 4) is 5.75 Å². The number of carbonyl (C=O) groups is 1. The van der Waals surface area contributed by atoms with Gasteiger partial charge in [-0.3, -0.25) is 4.79 Å². The number of halogens is 4. The van der Waals surface area contributed by atoms with Crippen molar-refractivity contribution >= 4 is 5.91 Å². The van der Waals surface area contributed by atoms with Gasteiger partial charge in [0.1, 0.15) is 0 Å². The van der Waals surface area contributed by atoms with Gasteiger partial charge in [-0.25, -0.2) is 4.39 Å². The SMILES string of the molecule is COc1cc(C(N)=O)c(C(F)(F)F)cc1F. The summed E-state index contributed by atoms with van der Waals surface area (Å²) in [5, 5.41) is 0. The van der Waals surface area contributed by atoms with E-state index in [9.17, 15) is 22.4 Å². The van der Waals surface area contributed by atoms with Crippen molar-refractivity contribution in [1.82, 2.24) is 0 Å². The molecule has 1 aromatic carbocycles. The fourth-order valence-corrected chi connectivity index (χ4v) is 1.15. The van der Waals surface area contributed by atoms with Gasteiger partial charge >= 0.3 is 6.18 Å².